The van der Waals surface area contributed by atoms with Gasteiger partial charge in [-0.3, -0.25) is 4.57 Å². The van der Waals surface area contributed by atoms with Crippen molar-refractivity contribution in [2.75, 3.05) is 0 Å². The Hall–Kier alpha value is -1.79. The van der Waals surface area contributed by atoms with E-state index < -0.39 is 5.60 Å². The van der Waals surface area contributed by atoms with E-state index in [2.05, 4.69) is 20.3 Å². The van der Waals surface area contributed by atoms with Crippen LogP contribution in [0.3, 0.4) is 0 Å². The van der Waals surface area contributed by atoms with Gasteiger partial charge in [-0.15, -0.1) is 0 Å². The summed E-state index contributed by atoms with van der Waals surface area (Å²) in [6, 6.07) is 0.846. The number of aromatic nitrogens is 4. The fourth-order valence-electron chi connectivity index (χ4n) is 3.43. The van der Waals surface area contributed by atoms with Crippen LogP contribution in [0.25, 0.3) is 5.95 Å². The third kappa shape index (κ3) is 1.92. The summed E-state index contributed by atoms with van der Waals surface area (Å²) in [6.07, 6.45) is 12.4. The van der Waals surface area contributed by atoms with Gasteiger partial charge >= 0.3 is 0 Å². The molecule has 104 valence electrons. The fraction of sp³-hybridized carbons (Fsp3) is 0.500. The van der Waals surface area contributed by atoms with Crippen molar-refractivity contribution in [1.82, 2.24) is 24.8 Å². The zero-order chi connectivity index (χ0) is 13.6. The molecule has 2 N–H and O–H groups in total. The van der Waals surface area contributed by atoms with Gasteiger partial charge in [-0.25, -0.2) is 15.0 Å². The molecule has 6 nitrogen and oxygen atoms in total. The van der Waals surface area contributed by atoms with E-state index in [0.717, 1.165) is 31.2 Å². The van der Waals surface area contributed by atoms with Crippen LogP contribution >= 0.6 is 0 Å². The van der Waals surface area contributed by atoms with Gasteiger partial charge in [0.05, 0.1) is 5.60 Å². The lowest BCUT2D eigenvalue weighted by Gasteiger charge is -2.37. The summed E-state index contributed by atoms with van der Waals surface area (Å²) in [6.45, 7) is 0. The number of hydrogen-bond acceptors (Lipinski definition) is 5. The fourth-order valence-corrected chi connectivity index (χ4v) is 3.43. The summed E-state index contributed by atoms with van der Waals surface area (Å²) >= 11 is 0. The summed E-state index contributed by atoms with van der Waals surface area (Å²) in [5.74, 6) is 0.576. The topological polar surface area (TPSA) is 75.9 Å². The Morgan fingerprint density at radius 3 is 2.50 bits per heavy atom. The second-order valence-corrected chi connectivity index (χ2v) is 5.82. The highest BCUT2D eigenvalue weighted by atomic mass is 16.3. The van der Waals surface area contributed by atoms with Crippen LogP contribution in [0.2, 0.25) is 0 Å². The molecule has 2 aromatic heterocycles. The van der Waals surface area contributed by atoms with Crippen LogP contribution in [0.4, 0.5) is 0 Å². The van der Waals surface area contributed by atoms with Gasteiger partial charge in [0.15, 0.2) is 0 Å². The first-order chi connectivity index (χ1) is 9.73. The number of fused-ring (bicyclic) bond motifs is 2. The Balaban J connectivity index is 1.62. The smallest absolute Gasteiger partial charge is 0.234 e. The molecule has 6 heteroatoms. The lowest BCUT2D eigenvalue weighted by molar-refractivity contribution is -0.0120. The van der Waals surface area contributed by atoms with Crippen LogP contribution in [-0.2, 0) is 5.60 Å². The minimum Gasteiger partial charge on any atom is -0.385 e. The molecule has 2 saturated heterocycles. The van der Waals surface area contributed by atoms with E-state index in [-0.39, 0.29) is 0 Å². The van der Waals surface area contributed by atoms with Crippen LogP contribution in [-0.4, -0.2) is 36.7 Å². The van der Waals surface area contributed by atoms with Gasteiger partial charge < -0.3 is 10.4 Å². The summed E-state index contributed by atoms with van der Waals surface area (Å²) in [5.41, 5.74) is 0.0321. The molecular formula is C14H17N5O. The van der Waals surface area contributed by atoms with E-state index in [1.807, 2.05) is 0 Å². The van der Waals surface area contributed by atoms with Crippen molar-refractivity contribution in [3.63, 3.8) is 0 Å². The molecule has 0 radical (unpaired) electrons. The van der Waals surface area contributed by atoms with Gasteiger partial charge in [0.2, 0.25) is 5.95 Å². The van der Waals surface area contributed by atoms with Gasteiger partial charge in [-0.2, -0.15) is 0 Å². The SMILES string of the molecule is OC1(c2cnc(-n3ccnc3)nc2)CC2CCC(C1)N2. The first kappa shape index (κ1) is 12.0. The molecule has 2 bridgehead atoms. The minimum absolute atomic E-state index is 0.423. The first-order valence-electron chi connectivity index (χ1n) is 7.02. The summed E-state index contributed by atoms with van der Waals surface area (Å²) in [5, 5.41) is 14.4. The van der Waals surface area contributed by atoms with Gasteiger partial charge in [-0.05, 0) is 25.7 Å². The second kappa shape index (κ2) is 4.36. The number of nitrogens with zero attached hydrogens (tertiary/aromatic N) is 4. The highest BCUT2D eigenvalue weighted by molar-refractivity contribution is 5.22. The average Bonchev–Trinajstić information content (AvgIpc) is 3.09. The largest absolute Gasteiger partial charge is 0.385 e. The van der Waals surface area contributed by atoms with Crippen molar-refractivity contribution >= 4 is 0 Å². The Kier molecular flexibility index (Phi) is 2.61. The normalized spacial score (nSPS) is 32.5. The Labute approximate surface area is 116 Å². The van der Waals surface area contributed by atoms with E-state index >= 15 is 0 Å². The molecule has 4 rings (SSSR count). The summed E-state index contributed by atoms with van der Waals surface area (Å²) in [4.78, 5) is 12.7. The van der Waals surface area contributed by atoms with Crippen LogP contribution < -0.4 is 5.32 Å². The molecule has 2 unspecified atom stereocenters. The van der Waals surface area contributed by atoms with E-state index in [9.17, 15) is 5.11 Å². The maximum absolute atomic E-state index is 10.9. The Bertz CT molecular complexity index is 583. The molecule has 0 saturated carbocycles. The zero-order valence-corrected chi connectivity index (χ0v) is 11.1. The number of imidazole rings is 1. The van der Waals surface area contributed by atoms with Crippen molar-refractivity contribution in [3.05, 3.63) is 36.7 Å². The van der Waals surface area contributed by atoms with E-state index in [1.54, 1.807) is 35.7 Å². The van der Waals surface area contributed by atoms with Crippen molar-refractivity contribution in [2.45, 2.75) is 43.4 Å². The third-order valence-electron chi connectivity index (χ3n) is 4.41. The molecule has 0 aliphatic carbocycles. The molecule has 2 aliphatic heterocycles. The number of rotatable bonds is 2. The molecular weight excluding hydrogens is 254 g/mol. The number of piperidine rings is 1. The predicted octanol–water partition coefficient (Wildman–Crippen LogP) is 0.764. The summed E-state index contributed by atoms with van der Waals surface area (Å²) < 4.78 is 1.75. The van der Waals surface area contributed by atoms with E-state index in [1.165, 1.54) is 0 Å². The molecule has 2 fully saturated rings. The zero-order valence-electron chi connectivity index (χ0n) is 11.1. The first-order valence-corrected chi connectivity index (χ1v) is 7.02. The van der Waals surface area contributed by atoms with Crippen LogP contribution in [0, 0.1) is 0 Å². The average molecular weight is 271 g/mol. The minimum atomic E-state index is -0.787. The van der Waals surface area contributed by atoms with Gasteiger partial charge in [-0.1, -0.05) is 0 Å². The maximum Gasteiger partial charge on any atom is 0.234 e. The second-order valence-electron chi connectivity index (χ2n) is 5.82. The van der Waals surface area contributed by atoms with E-state index in [0.29, 0.717) is 18.0 Å². The van der Waals surface area contributed by atoms with Gasteiger partial charge in [0.1, 0.15) is 6.33 Å². The quantitative estimate of drug-likeness (QED) is 0.843. The molecule has 4 heterocycles. The van der Waals surface area contributed by atoms with Crippen molar-refractivity contribution in [1.29, 1.82) is 0 Å². The Morgan fingerprint density at radius 1 is 1.20 bits per heavy atom. The number of hydrogen-bond donors (Lipinski definition) is 2. The highest BCUT2D eigenvalue weighted by Gasteiger charge is 2.43. The monoisotopic (exact) mass is 271 g/mol. The molecule has 2 aromatic rings. The van der Waals surface area contributed by atoms with Crippen LogP contribution in [0.1, 0.15) is 31.2 Å². The maximum atomic E-state index is 10.9. The highest BCUT2D eigenvalue weighted by Crippen LogP contribution is 2.40. The molecule has 0 aromatic carbocycles. The number of nitrogens with one attached hydrogen (secondary N) is 1. The van der Waals surface area contributed by atoms with Crippen molar-refractivity contribution in [2.24, 2.45) is 0 Å². The molecule has 0 spiro atoms. The van der Waals surface area contributed by atoms with Crippen LogP contribution in [0.5, 0.6) is 0 Å². The lowest BCUT2D eigenvalue weighted by Crippen LogP contribution is -2.46. The van der Waals surface area contributed by atoms with Crippen molar-refractivity contribution < 1.29 is 5.11 Å². The van der Waals surface area contributed by atoms with Crippen molar-refractivity contribution in [3.8, 4) is 5.95 Å². The molecule has 20 heavy (non-hydrogen) atoms. The van der Waals surface area contributed by atoms with Gasteiger partial charge in [0, 0.05) is 42.4 Å². The summed E-state index contributed by atoms with van der Waals surface area (Å²) in [7, 11) is 0. The molecule has 2 atom stereocenters. The molecule has 2 aliphatic rings. The van der Waals surface area contributed by atoms with Crippen LogP contribution in [0.15, 0.2) is 31.1 Å². The third-order valence-corrected chi connectivity index (χ3v) is 4.41. The predicted molar refractivity (Wildman–Crippen MR) is 72.2 cm³/mol. The molecule has 0 amide bonds. The Morgan fingerprint density at radius 2 is 1.90 bits per heavy atom. The van der Waals surface area contributed by atoms with Gasteiger partial charge in [0.25, 0.3) is 0 Å². The number of aliphatic hydroxyl groups is 1. The standard InChI is InChI=1S/C14H17N5O/c20-14(5-11-1-2-12(6-14)18-11)10-7-16-13(17-8-10)19-4-3-15-9-19/h3-4,7-9,11-12,18,20H,1-2,5-6H2. The van der Waals surface area contributed by atoms with E-state index in [4.69, 9.17) is 0 Å². The lowest BCUT2D eigenvalue weighted by atomic mass is 9.83.